The molecule has 0 saturated heterocycles. The van der Waals surface area contributed by atoms with Crippen LogP contribution in [0.15, 0.2) is 0 Å². The van der Waals surface area contributed by atoms with Gasteiger partial charge >= 0.3 is 0 Å². The number of alkyl halides is 1. The lowest BCUT2D eigenvalue weighted by Gasteiger charge is -2.08. The number of hydrogen-bond acceptors (Lipinski definition) is 7. The third kappa shape index (κ3) is 30.0. The van der Waals surface area contributed by atoms with Crippen molar-refractivity contribution in [3.05, 3.63) is 0 Å². The quantitative estimate of drug-likeness (QED) is 0.114. The Hall–Kier alpha value is 0.01000. The minimum atomic E-state index is 0.511. The number of ether oxygens (including phenoxy) is 7. The van der Waals surface area contributed by atoms with Crippen molar-refractivity contribution in [2.24, 2.45) is 0 Å². The lowest BCUT2D eigenvalue weighted by atomic mass is 10.1. The second-order valence-corrected chi connectivity index (χ2v) is 7.83. The Kier molecular flexibility index (Phi) is 31.0. The first kappa shape index (κ1) is 32.0. The van der Waals surface area contributed by atoms with Gasteiger partial charge in [0.25, 0.3) is 0 Å². The van der Waals surface area contributed by atoms with E-state index in [1.54, 1.807) is 0 Å². The van der Waals surface area contributed by atoms with Gasteiger partial charge in [-0.15, -0.1) is 11.6 Å². The van der Waals surface area contributed by atoms with Gasteiger partial charge in [0.05, 0.1) is 85.9 Å². The molecule has 0 rings (SSSR count). The van der Waals surface area contributed by atoms with E-state index in [-0.39, 0.29) is 0 Å². The summed E-state index contributed by atoms with van der Waals surface area (Å²) in [5, 5.41) is 0. The first-order valence-corrected chi connectivity index (χ1v) is 13.1. The minimum Gasteiger partial charge on any atom is -0.379 e. The Bertz CT molecular complexity index is 295. The van der Waals surface area contributed by atoms with Gasteiger partial charge in [-0.05, 0) is 6.42 Å². The molecule has 8 heteroatoms. The molecule has 7 nitrogen and oxygen atoms in total. The number of unbranched alkanes of at least 4 members (excludes halogenated alkanes) is 7. The van der Waals surface area contributed by atoms with Crippen LogP contribution in [0.2, 0.25) is 0 Å². The fraction of sp³-hybridized carbons (Fsp3) is 1.00. The highest BCUT2D eigenvalue weighted by Gasteiger charge is 1.95. The van der Waals surface area contributed by atoms with Crippen LogP contribution in [0.5, 0.6) is 0 Å². The maximum absolute atomic E-state index is 5.60. The lowest BCUT2D eigenvalue weighted by Crippen LogP contribution is -2.14. The molecule has 0 radical (unpaired) electrons. The van der Waals surface area contributed by atoms with E-state index in [2.05, 4.69) is 6.92 Å². The van der Waals surface area contributed by atoms with Crippen molar-refractivity contribution in [2.45, 2.75) is 58.3 Å². The molecule has 0 aromatic rings. The van der Waals surface area contributed by atoms with Crippen molar-refractivity contribution in [3.63, 3.8) is 0 Å². The molecule has 0 N–H and O–H groups in total. The minimum absolute atomic E-state index is 0.511. The van der Waals surface area contributed by atoms with Crippen LogP contribution in [-0.2, 0) is 33.2 Å². The molecule has 0 aromatic heterocycles. The summed E-state index contributed by atoms with van der Waals surface area (Å²) in [7, 11) is 0. The molecular weight excluding hydrogens is 436 g/mol. The van der Waals surface area contributed by atoms with Crippen LogP contribution >= 0.6 is 11.6 Å². The summed E-state index contributed by atoms with van der Waals surface area (Å²) in [4.78, 5) is 0. The highest BCUT2D eigenvalue weighted by molar-refractivity contribution is 6.17. The normalized spacial score (nSPS) is 11.4. The summed E-state index contributed by atoms with van der Waals surface area (Å²) in [5.74, 6) is 0.511. The van der Waals surface area contributed by atoms with Crippen molar-refractivity contribution in [2.75, 3.05) is 98.4 Å². The zero-order valence-electron chi connectivity index (χ0n) is 20.5. The maximum atomic E-state index is 5.60. The predicted molar refractivity (Wildman–Crippen MR) is 129 cm³/mol. The Balaban J connectivity index is 2.98. The van der Waals surface area contributed by atoms with Crippen molar-refractivity contribution in [1.82, 2.24) is 0 Å². The molecule has 0 aliphatic rings. The van der Waals surface area contributed by atoms with Gasteiger partial charge in [0.2, 0.25) is 0 Å². The molecular formula is C24H49ClO7. The molecule has 0 atom stereocenters. The first-order chi connectivity index (χ1) is 15.9. The molecule has 0 aromatic carbocycles. The predicted octanol–water partition coefficient (Wildman–Crippen LogP) is 4.48. The van der Waals surface area contributed by atoms with Gasteiger partial charge in [0.15, 0.2) is 0 Å². The molecule has 0 amide bonds. The summed E-state index contributed by atoms with van der Waals surface area (Å²) in [6.45, 7) is 10.5. The van der Waals surface area contributed by atoms with E-state index < -0.39 is 0 Å². The molecule has 0 unspecified atom stereocenters. The summed E-state index contributed by atoms with van der Waals surface area (Å²) in [6.07, 6.45) is 10.6. The highest BCUT2D eigenvalue weighted by Crippen LogP contribution is 2.08. The van der Waals surface area contributed by atoms with Crippen molar-refractivity contribution < 1.29 is 33.2 Å². The average molecular weight is 485 g/mol. The maximum Gasteiger partial charge on any atom is 0.0701 e. The van der Waals surface area contributed by atoms with E-state index in [9.17, 15) is 0 Å². The lowest BCUT2D eigenvalue weighted by molar-refractivity contribution is -0.0201. The van der Waals surface area contributed by atoms with Crippen LogP contribution in [0, 0.1) is 0 Å². The number of rotatable bonds is 29. The van der Waals surface area contributed by atoms with Gasteiger partial charge in [0, 0.05) is 12.5 Å². The first-order valence-electron chi connectivity index (χ1n) is 12.5. The molecule has 0 bridgehead atoms. The molecule has 0 aliphatic heterocycles. The van der Waals surface area contributed by atoms with E-state index in [0.29, 0.717) is 91.8 Å². The van der Waals surface area contributed by atoms with Gasteiger partial charge in [-0.2, -0.15) is 0 Å². The molecule has 0 spiro atoms. The van der Waals surface area contributed by atoms with Crippen molar-refractivity contribution >= 4 is 11.6 Å². The largest absolute Gasteiger partial charge is 0.379 e. The van der Waals surface area contributed by atoms with Crippen LogP contribution in [0.3, 0.4) is 0 Å². The summed E-state index contributed by atoms with van der Waals surface area (Å²) in [5.41, 5.74) is 0. The van der Waals surface area contributed by atoms with Crippen LogP contribution in [0.1, 0.15) is 58.3 Å². The number of hydrogen-bond donors (Lipinski definition) is 0. The molecule has 0 aliphatic carbocycles. The molecule has 32 heavy (non-hydrogen) atoms. The third-order valence-corrected chi connectivity index (χ3v) is 4.75. The fourth-order valence-electron chi connectivity index (χ4n) is 2.81. The van der Waals surface area contributed by atoms with E-state index in [4.69, 9.17) is 44.8 Å². The molecule has 0 saturated carbocycles. The van der Waals surface area contributed by atoms with E-state index >= 15 is 0 Å². The zero-order chi connectivity index (χ0) is 23.2. The molecule has 0 heterocycles. The standard InChI is InChI=1S/C24H49ClO7/c1-2-3-4-5-6-7-8-9-11-26-13-15-28-17-19-30-21-23-32-24-22-31-20-18-29-16-14-27-12-10-25/h2-24H2,1H3. The van der Waals surface area contributed by atoms with Crippen LogP contribution in [0.4, 0.5) is 0 Å². The van der Waals surface area contributed by atoms with Gasteiger partial charge < -0.3 is 33.2 Å². The van der Waals surface area contributed by atoms with Gasteiger partial charge in [0.1, 0.15) is 0 Å². The van der Waals surface area contributed by atoms with Gasteiger partial charge in [-0.25, -0.2) is 0 Å². The van der Waals surface area contributed by atoms with Crippen molar-refractivity contribution in [3.8, 4) is 0 Å². The Labute approximate surface area is 201 Å². The summed E-state index contributed by atoms with van der Waals surface area (Å²) >= 11 is 5.50. The smallest absolute Gasteiger partial charge is 0.0701 e. The topological polar surface area (TPSA) is 64.6 Å². The third-order valence-electron chi connectivity index (χ3n) is 4.60. The second-order valence-electron chi connectivity index (χ2n) is 7.45. The highest BCUT2D eigenvalue weighted by atomic mass is 35.5. The average Bonchev–Trinajstić information content (AvgIpc) is 2.81. The van der Waals surface area contributed by atoms with Crippen molar-refractivity contribution in [1.29, 1.82) is 0 Å². The SMILES string of the molecule is CCCCCCCCCCOCCOCCOCCOCCOCCOCCOCCCl. The zero-order valence-corrected chi connectivity index (χ0v) is 21.3. The summed E-state index contributed by atoms with van der Waals surface area (Å²) < 4.78 is 38.0. The Morgan fingerprint density at radius 1 is 0.344 bits per heavy atom. The van der Waals surface area contributed by atoms with Gasteiger partial charge in [-0.1, -0.05) is 51.9 Å². The number of halogens is 1. The monoisotopic (exact) mass is 484 g/mol. The molecule has 194 valence electrons. The Morgan fingerprint density at radius 2 is 0.625 bits per heavy atom. The van der Waals surface area contributed by atoms with E-state index in [0.717, 1.165) is 13.0 Å². The second kappa shape index (κ2) is 31.0. The summed E-state index contributed by atoms with van der Waals surface area (Å²) in [6, 6.07) is 0. The van der Waals surface area contributed by atoms with E-state index in [1.165, 1.54) is 44.9 Å². The molecule has 0 fully saturated rings. The van der Waals surface area contributed by atoms with E-state index in [1.807, 2.05) is 0 Å². The van der Waals surface area contributed by atoms with Gasteiger partial charge in [-0.3, -0.25) is 0 Å². The fourth-order valence-corrected chi connectivity index (χ4v) is 2.92. The van der Waals surface area contributed by atoms with Crippen LogP contribution in [-0.4, -0.2) is 98.4 Å². The van der Waals surface area contributed by atoms with Crippen LogP contribution in [0.25, 0.3) is 0 Å². The van der Waals surface area contributed by atoms with Crippen LogP contribution < -0.4 is 0 Å². The Morgan fingerprint density at radius 3 is 0.969 bits per heavy atom.